The van der Waals surface area contributed by atoms with Crippen LogP contribution in [-0.4, -0.2) is 16.9 Å². The average Bonchev–Trinajstić information content (AvgIpc) is 2.81. The molecule has 2 rings (SSSR count). The first-order chi connectivity index (χ1) is 9.10. The molecule has 1 atom stereocenters. The molecule has 102 valence electrons. The Morgan fingerprint density at radius 3 is 2.89 bits per heavy atom. The maximum absolute atomic E-state index is 6.23. The van der Waals surface area contributed by atoms with Gasteiger partial charge in [0.1, 0.15) is 5.75 Å². The number of nitrogens with two attached hydrogens (primary N) is 1. The smallest absolute Gasteiger partial charge is 0.125 e. The number of hydrogen-bond acceptors (Lipinski definition) is 3. The maximum Gasteiger partial charge on any atom is 0.125 e. The van der Waals surface area contributed by atoms with Crippen molar-refractivity contribution in [1.29, 1.82) is 0 Å². The monoisotopic (exact) mass is 279 g/mol. The predicted molar refractivity (Wildman–Crippen MR) is 76.5 cm³/mol. The molecule has 2 aromatic rings. The molecule has 0 fully saturated rings. The van der Waals surface area contributed by atoms with Gasteiger partial charge >= 0.3 is 0 Å². The van der Waals surface area contributed by atoms with Crippen LogP contribution in [0.5, 0.6) is 5.75 Å². The van der Waals surface area contributed by atoms with Gasteiger partial charge in [0.25, 0.3) is 0 Å². The van der Waals surface area contributed by atoms with Gasteiger partial charge in [-0.25, -0.2) is 0 Å². The normalized spacial score (nSPS) is 12.4. The second kappa shape index (κ2) is 6.08. The molecule has 0 amide bonds. The molecule has 2 N–H and O–H groups in total. The first-order valence-electron chi connectivity index (χ1n) is 6.16. The van der Waals surface area contributed by atoms with Crippen LogP contribution in [0.3, 0.4) is 0 Å². The highest BCUT2D eigenvalue weighted by Crippen LogP contribution is 2.29. The van der Waals surface area contributed by atoms with Gasteiger partial charge in [-0.2, -0.15) is 5.10 Å². The van der Waals surface area contributed by atoms with Crippen LogP contribution in [0.1, 0.15) is 23.6 Å². The number of nitrogens with zero attached hydrogens (tertiary/aromatic N) is 2. The molecule has 19 heavy (non-hydrogen) atoms. The van der Waals surface area contributed by atoms with E-state index in [9.17, 15) is 0 Å². The summed E-state index contributed by atoms with van der Waals surface area (Å²) in [7, 11) is 3.54. The van der Waals surface area contributed by atoms with Gasteiger partial charge in [-0.15, -0.1) is 0 Å². The molecule has 0 aliphatic heterocycles. The summed E-state index contributed by atoms with van der Waals surface area (Å²) in [4.78, 5) is 0. The molecular weight excluding hydrogens is 262 g/mol. The average molecular weight is 280 g/mol. The van der Waals surface area contributed by atoms with Gasteiger partial charge in [0.05, 0.1) is 13.3 Å². The maximum atomic E-state index is 6.23. The third-order valence-corrected chi connectivity index (χ3v) is 3.33. The van der Waals surface area contributed by atoms with E-state index in [0.29, 0.717) is 5.02 Å². The van der Waals surface area contributed by atoms with Crippen molar-refractivity contribution in [3.63, 3.8) is 0 Å². The standard InChI is InChI=1S/C14H18ClN3O/c1-18-9-10(8-17-18)3-6-13(16)12-5-4-11(15)7-14(12)19-2/h4-5,7-9,13H,3,6,16H2,1-2H3. The molecule has 1 aromatic heterocycles. The van der Waals surface area contributed by atoms with E-state index >= 15 is 0 Å². The van der Waals surface area contributed by atoms with Gasteiger partial charge in [-0.1, -0.05) is 17.7 Å². The zero-order valence-electron chi connectivity index (χ0n) is 11.1. The summed E-state index contributed by atoms with van der Waals surface area (Å²) in [6.45, 7) is 0. The fourth-order valence-electron chi connectivity index (χ4n) is 2.07. The number of ether oxygens (including phenoxy) is 1. The van der Waals surface area contributed by atoms with Gasteiger partial charge in [-0.05, 0) is 30.5 Å². The third-order valence-electron chi connectivity index (χ3n) is 3.10. The van der Waals surface area contributed by atoms with Gasteiger partial charge < -0.3 is 10.5 Å². The van der Waals surface area contributed by atoms with Gasteiger partial charge in [-0.3, -0.25) is 4.68 Å². The minimum atomic E-state index is -0.0765. The summed E-state index contributed by atoms with van der Waals surface area (Å²) < 4.78 is 7.12. The van der Waals surface area contributed by atoms with E-state index in [-0.39, 0.29) is 6.04 Å². The number of aromatic nitrogens is 2. The van der Waals surface area contributed by atoms with Crippen molar-refractivity contribution in [3.05, 3.63) is 46.7 Å². The lowest BCUT2D eigenvalue weighted by molar-refractivity contribution is 0.404. The van der Waals surface area contributed by atoms with E-state index in [0.717, 1.165) is 24.2 Å². The van der Waals surface area contributed by atoms with Crippen molar-refractivity contribution in [3.8, 4) is 5.75 Å². The highest BCUT2D eigenvalue weighted by atomic mass is 35.5. The minimum absolute atomic E-state index is 0.0765. The number of rotatable bonds is 5. The molecule has 5 heteroatoms. The van der Waals surface area contributed by atoms with Gasteiger partial charge in [0.2, 0.25) is 0 Å². The van der Waals surface area contributed by atoms with Crippen molar-refractivity contribution in [1.82, 2.24) is 9.78 Å². The Morgan fingerprint density at radius 1 is 1.47 bits per heavy atom. The van der Waals surface area contributed by atoms with Crippen LogP contribution in [0.4, 0.5) is 0 Å². The Morgan fingerprint density at radius 2 is 2.26 bits per heavy atom. The summed E-state index contributed by atoms with van der Waals surface area (Å²) in [5, 5.41) is 4.80. The van der Waals surface area contributed by atoms with Crippen LogP contribution in [-0.2, 0) is 13.5 Å². The second-order valence-electron chi connectivity index (χ2n) is 4.55. The van der Waals surface area contributed by atoms with Crippen molar-refractivity contribution < 1.29 is 4.74 Å². The topological polar surface area (TPSA) is 53.1 Å². The highest BCUT2D eigenvalue weighted by molar-refractivity contribution is 6.30. The second-order valence-corrected chi connectivity index (χ2v) is 4.99. The van der Waals surface area contributed by atoms with Crippen LogP contribution in [0.2, 0.25) is 5.02 Å². The van der Waals surface area contributed by atoms with Crippen molar-refractivity contribution >= 4 is 11.6 Å². The highest BCUT2D eigenvalue weighted by Gasteiger charge is 2.12. The lowest BCUT2D eigenvalue weighted by Crippen LogP contribution is -2.12. The number of halogens is 1. The number of methoxy groups -OCH3 is 1. The molecule has 0 aliphatic rings. The van der Waals surface area contributed by atoms with Crippen LogP contribution >= 0.6 is 11.6 Å². The van der Waals surface area contributed by atoms with E-state index < -0.39 is 0 Å². The number of benzene rings is 1. The fraction of sp³-hybridized carbons (Fsp3) is 0.357. The molecular formula is C14H18ClN3O. The Balaban J connectivity index is 2.05. The SMILES string of the molecule is COc1cc(Cl)ccc1C(N)CCc1cnn(C)c1. The summed E-state index contributed by atoms with van der Waals surface area (Å²) in [6, 6.07) is 5.48. The Hall–Kier alpha value is -1.52. The lowest BCUT2D eigenvalue weighted by Gasteiger charge is -2.15. The van der Waals surface area contributed by atoms with Crippen molar-refractivity contribution in [2.45, 2.75) is 18.9 Å². The fourth-order valence-corrected chi connectivity index (χ4v) is 2.23. The molecule has 0 bridgehead atoms. The zero-order valence-corrected chi connectivity index (χ0v) is 11.9. The van der Waals surface area contributed by atoms with Crippen LogP contribution in [0.15, 0.2) is 30.6 Å². The molecule has 1 aromatic carbocycles. The van der Waals surface area contributed by atoms with Gasteiger partial charge in [0, 0.05) is 29.9 Å². The molecule has 1 unspecified atom stereocenters. The van der Waals surface area contributed by atoms with Crippen LogP contribution < -0.4 is 10.5 Å². The third kappa shape index (κ3) is 3.49. The first-order valence-corrected chi connectivity index (χ1v) is 6.54. The molecule has 0 saturated heterocycles. The molecule has 0 radical (unpaired) electrons. The Labute approximate surface area is 118 Å². The molecule has 0 saturated carbocycles. The van der Waals surface area contributed by atoms with Crippen LogP contribution in [0.25, 0.3) is 0 Å². The summed E-state index contributed by atoms with van der Waals surface area (Å²) >= 11 is 5.94. The lowest BCUT2D eigenvalue weighted by atomic mass is 10.0. The van der Waals surface area contributed by atoms with E-state index in [2.05, 4.69) is 5.10 Å². The molecule has 0 spiro atoms. The van der Waals surface area contributed by atoms with Gasteiger partial charge in [0.15, 0.2) is 0 Å². The zero-order chi connectivity index (χ0) is 13.8. The molecule has 1 heterocycles. The quantitative estimate of drug-likeness (QED) is 0.916. The summed E-state index contributed by atoms with van der Waals surface area (Å²) in [6.07, 6.45) is 5.60. The number of hydrogen-bond donors (Lipinski definition) is 1. The summed E-state index contributed by atoms with van der Waals surface area (Å²) in [5.41, 5.74) is 8.39. The Kier molecular flexibility index (Phi) is 4.45. The van der Waals surface area contributed by atoms with Crippen LogP contribution in [0, 0.1) is 0 Å². The number of aryl methyl sites for hydroxylation is 2. The minimum Gasteiger partial charge on any atom is -0.496 e. The van der Waals surface area contributed by atoms with Crippen molar-refractivity contribution in [2.24, 2.45) is 12.8 Å². The molecule has 4 nitrogen and oxygen atoms in total. The summed E-state index contributed by atoms with van der Waals surface area (Å²) in [5.74, 6) is 0.742. The van der Waals surface area contributed by atoms with E-state index in [1.807, 2.05) is 31.6 Å². The predicted octanol–water partition coefficient (Wildman–Crippen LogP) is 2.71. The first kappa shape index (κ1) is 13.9. The van der Waals surface area contributed by atoms with Crippen molar-refractivity contribution in [2.75, 3.05) is 7.11 Å². The largest absolute Gasteiger partial charge is 0.496 e. The van der Waals surface area contributed by atoms with E-state index in [1.54, 1.807) is 17.9 Å². The van der Waals surface area contributed by atoms with E-state index in [4.69, 9.17) is 22.1 Å². The van der Waals surface area contributed by atoms with E-state index in [1.165, 1.54) is 5.56 Å². The molecule has 0 aliphatic carbocycles. The Bertz CT molecular complexity index is 553.